The van der Waals surface area contributed by atoms with E-state index in [0.29, 0.717) is 13.0 Å². The fraction of sp³-hybridized carbons (Fsp3) is 0.333. The number of rotatable bonds is 1. The molecule has 0 aromatic heterocycles. The second kappa shape index (κ2) is 6.38. The Hall–Kier alpha value is -2.09. The fourth-order valence-electron chi connectivity index (χ4n) is 1.63. The van der Waals surface area contributed by atoms with Crippen LogP contribution >= 0.6 is 0 Å². The molecule has 20 heavy (non-hydrogen) atoms. The van der Waals surface area contributed by atoms with Gasteiger partial charge >= 0.3 is 18.1 Å². The molecule has 0 fully saturated rings. The number of alkyl halides is 3. The van der Waals surface area contributed by atoms with Crippen LogP contribution in [0.3, 0.4) is 0 Å². The molecule has 0 spiro atoms. The summed E-state index contributed by atoms with van der Waals surface area (Å²) in [5, 5.41) is 18.9. The van der Waals surface area contributed by atoms with Gasteiger partial charge in [0.2, 0.25) is 0 Å². The summed E-state index contributed by atoms with van der Waals surface area (Å²) in [6, 6.07) is 7.52. The second-order valence-corrected chi connectivity index (χ2v) is 4.05. The molecule has 1 aromatic carbocycles. The maximum Gasteiger partial charge on any atom is 0.490 e. The SMILES string of the molecule is O=C(O)C(F)(F)F.O=C(O)C1Cc2ccccc2CN1. The summed E-state index contributed by atoms with van der Waals surface area (Å²) in [6.45, 7) is 0.660. The van der Waals surface area contributed by atoms with Crippen molar-refractivity contribution in [3.8, 4) is 0 Å². The third-order valence-corrected chi connectivity index (χ3v) is 2.62. The highest BCUT2D eigenvalue weighted by Crippen LogP contribution is 2.16. The predicted molar refractivity (Wildman–Crippen MR) is 62.1 cm³/mol. The molecule has 0 bridgehead atoms. The van der Waals surface area contributed by atoms with Crippen molar-refractivity contribution in [2.75, 3.05) is 0 Å². The first kappa shape index (κ1) is 16.0. The number of carboxylic acids is 2. The lowest BCUT2D eigenvalue weighted by Crippen LogP contribution is -2.41. The Kier molecular flexibility index (Phi) is 5.09. The first-order valence-corrected chi connectivity index (χ1v) is 5.55. The van der Waals surface area contributed by atoms with Crippen molar-refractivity contribution in [3.05, 3.63) is 35.4 Å². The van der Waals surface area contributed by atoms with Crippen molar-refractivity contribution in [2.45, 2.75) is 25.2 Å². The number of hydrogen-bond donors (Lipinski definition) is 3. The van der Waals surface area contributed by atoms with E-state index >= 15 is 0 Å². The molecule has 2 rings (SSSR count). The van der Waals surface area contributed by atoms with Crippen LogP contribution in [0.15, 0.2) is 24.3 Å². The zero-order valence-electron chi connectivity index (χ0n) is 10.1. The Morgan fingerprint density at radius 3 is 2.10 bits per heavy atom. The van der Waals surface area contributed by atoms with E-state index < -0.39 is 24.2 Å². The minimum Gasteiger partial charge on any atom is -0.480 e. The van der Waals surface area contributed by atoms with Crippen molar-refractivity contribution in [2.24, 2.45) is 0 Å². The lowest BCUT2D eigenvalue weighted by atomic mass is 9.96. The first-order chi connectivity index (χ1) is 9.21. The summed E-state index contributed by atoms with van der Waals surface area (Å²) in [5.41, 5.74) is 2.36. The Morgan fingerprint density at radius 2 is 1.65 bits per heavy atom. The molecule has 1 heterocycles. The van der Waals surface area contributed by atoms with Crippen LogP contribution in [0.1, 0.15) is 11.1 Å². The van der Waals surface area contributed by atoms with E-state index in [1.165, 1.54) is 5.56 Å². The Labute approximate surface area is 112 Å². The zero-order chi connectivity index (χ0) is 15.3. The maximum atomic E-state index is 10.7. The summed E-state index contributed by atoms with van der Waals surface area (Å²) < 4.78 is 31.7. The van der Waals surface area contributed by atoms with Gasteiger partial charge < -0.3 is 15.5 Å². The van der Waals surface area contributed by atoms with Crippen LogP contribution in [0, 0.1) is 0 Å². The molecule has 0 aliphatic carbocycles. The second-order valence-electron chi connectivity index (χ2n) is 4.05. The monoisotopic (exact) mass is 291 g/mol. The molecule has 3 N–H and O–H groups in total. The van der Waals surface area contributed by atoms with Gasteiger partial charge in [0.05, 0.1) is 0 Å². The standard InChI is InChI=1S/C10H11NO2.C2HF3O2/c12-10(13)9-5-7-3-1-2-4-8(7)6-11-9;3-2(4,5)1(6)7/h1-4,9,11H,5-6H2,(H,12,13);(H,6,7). The van der Waals surface area contributed by atoms with Gasteiger partial charge in [-0.25, -0.2) is 4.79 Å². The molecule has 0 saturated carbocycles. The largest absolute Gasteiger partial charge is 0.490 e. The predicted octanol–water partition coefficient (Wildman–Crippen LogP) is 1.42. The number of benzene rings is 1. The van der Waals surface area contributed by atoms with E-state index in [1.807, 2.05) is 24.3 Å². The van der Waals surface area contributed by atoms with Gasteiger partial charge in [-0.15, -0.1) is 0 Å². The smallest absolute Gasteiger partial charge is 0.480 e. The number of carbonyl (C=O) groups is 2. The van der Waals surface area contributed by atoms with Crippen LogP contribution < -0.4 is 5.32 Å². The molecule has 1 aliphatic rings. The van der Waals surface area contributed by atoms with Crippen molar-refractivity contribution < 1.29 is 33.0 Å². The molecule has 1 aliphatic heterocycles. The average molecular weight is 291 g/mol. The molecule has 1 unspecified atom stereocenters. The Bertz CT molecular complexity index is 502. The molecule has 0 radical (unpaired) electrons. The Morgan fingerprint density at radius 1 is 1.15 bits per heavy atom. The van der Waals surface area contributed by atoms with Gasteiger partial charge in [-0.3, -0.25) is 4.79 Å². The number of carboxylic acid groups (broad SMARTS) is 2. The molecular weight excluding hydrogens is 279 g/mol. The van der Waals surface area contributed by atoms with E-state index in [-0.39, 0.29) is 0 Å². The highest BCUT2D eigenvalue weighted by Gasteiger charge is 2.38. The highest BCUT2D eigenvalue weighted by atomic mass is 19.4. The third-order valence-electron chi connectivity index (χ3n) is 2.62. The van der Waals surface area contributed by atoms with Crippen molar-refractivity contribution in [3.63, 3.8) is 0 Å². The van der Waals surface area contributed by atoms with Gasteiger partial charge in [0.1, 0.15) is 6.04 Å². The summed E-state index contributed by atoms with van der Waals surface area (Å²) >= 11 is 0. The van der Waals surface area contributed by atoms with Crippen LogP contribution in [0.4, 0.5) is 13.2 Å². The van der Waals surface area contributed by atoms with Gasteiger partial charge in [-0.05, 0) is 17.5 Å². The minimum atomic E-state index is -5.08. The van der Waals surface area contributed by atoms with Crippen LogP contribution in [-0.4, -0.2) is 34.4 Å². The van der Waals surface area contributed by atoms with Crippen LogP contribution in [-0.2, 0) is 22.6 Å². The quantitative estimate of drug-likeness (QED) is 0.728. The number of fused-ring (bicyclic) bond motifs is 1. The number of hydrogen-bond acceptors (Lipinski definition) is 3. The van der Waals surface area contributed by atoms with E-state index in [4.69, 9.17) is 15.0 Å². The van der Waals surface area contributed by atoms with E-state index in [2.05, 4.69) is 5.32 Å². The maximum absolute atomic E-state index is 10.7. The molecule has 5 nitrogen and oxygen atoms in total. The summed E-state index contributed by atoms with van der Waals surface area (Å²) in [6.07, 6.45) is -4.49. The van der Waals surface area contributed by atoms with Crippen LogP contribution in [0.2, 0.25) is 0 Å². The topological polar surface area (TPSA) is 86.6 Å². The average Bonchev–Trinajstić information content (AvgIpc) is 2.37. The van der Waals surface area contributed by atoms with Crippen molar-refractivity contribution in [1.82, 2.24) is 5.32 Å². The van der Waals surface area contributed by atoms with Crippen molar-refractivity contribution >= 4 is 11.9 Å². The third kappa shape index (κ3) is 4.54. The van der Waals surface area contributed by atoms with Gasteiger partial charge in [0, 0.05) is 6.54 Å². The van der Waals surface area contributed by atoms with Gasteiger partial charge in [0.25, 0.3) is 0 Å². The number of nitrogens with one attached hydrogen (secondary N) is 1. The highest BCUT2D eigenvalue weighted by molar-refractivity contribution is 5.74. The first-order valence-electron chi connectivity index (χ1n) is 5.55. The van der Waals surface area contributed by atoms with Gasteiger partial charge in [0.15, 0.2) is 0 Å². The number of halogens is 3. The molecule has 1 aromatic rings. The Balaban J connectivity index is 0.000000246. The molecular formula is C12H12F3NO4. The zero-order valence-corrected chi connectivity index (χ0v) is 10.1. The van der Waals surface area contributed by atoms with Gasteiger partial charge in [-0.1, -0.05) is 24.3 Å². The molecule has 110 valence electrons. The summed E-state index contributed by atoms with van der Waals surface area (Å²) in [4.78, 5) is 19.6. The summed E-state index contributed by atoms with van der Waals surface area (Å²) in [5.74, 6) is -3.53. The molecule has 0 amide bonds. The fourth-order valence-corrected chi connectivity index (χ4v) is 1.63. The van der Waals surface area contributed by atoms with Crippen LogP contribution in [0.25, 0.3) is 0 Å². The van der Waals surface area contributed by atoms with Gasteiger partial charge in [-0.2, -0.15) is 13.2 Å². The molecule has 0 saturated heterocycles. The summed E-state index contributed by atoms with van der Waals surface area (Å²) in [7, 11) is 0. The number of aliphatic carboxylic acids is 2. The normalized spacial score (nSPS) is 17.4. The van der Waals surface area contributed by atoms with Crippen molar-refractivity contribution in [1.29, 1.82) is 0 Å². The lowest BCUT2D eigenvalue weighted by Gasteiger charge is -2.22. The molecule has 1 atom stereocenters. The lowest BCUT2D eigenvalue weighted by molar-refractivity contribution is -0.192. The molecule has 8 heteroatoms. The van der Waals surface area contributed by atoms with E-state index in [0.717, 1.165) is 5.56 Å². The van der Waals surface area contributed by atoms with E-state index in [9.17, 15) is 18.0 Å². The minimum absolute atomic E-state index is 0.421. The van der Waals surface area contributed by atoms with E-state index in [1.54, 1.807) is 0 Å². The van der Waals surface area contributed by atoms with Crippen LogP contribution in [0.5, 0.6) is 0 Å².